The molecule has 0 unspecified atom stereocenters. The van der Waals surface area contributed by atoms with Gasteiger partial charge in [-0.3, -0.25) is 5.43 Å². The van der Waals surface area contributed by atoms with Gasteiger partial charge in [0, 0.05) is 5.69 Å². The van der Waals surface area contributed by atoms with Crippen molar-refractivity contribution in [1.29, 1.82) is 0 Å². The predicted molar refractivity (Wildman–Crippen MR) is 99.1 cm³/mol. The first-order valence-electron chi connectivity index (χ1n) is 7.03. The fourth-order valence-electron chi connectivity index (χ4n) is 1.92. The number of rotatable bonds is 4. The zero-order valence-corrected chi connectivity index (χ0v) is 13.5. The molecule has 0 spiro atoms. The molecule has 2 N–H and O–H groups in total. The summed E-state index contributed by atoms with van der Waals surface area (Å²) in [5, 5.41) is 7.70. The SMILES string of the molecule is CC(=C/c1ccccc1)/C=N/NC(=S)Nc1cccc(C)c1. The summed E-state index contributed by atoms with van der Waals surface area (Å²) >= 11 is 5.21. The first-order valence-corrected chi connectivity index (χ1v) is 7.44. The highest BCUT2D eigenvalue weighted by molar-refractivity contribution is 7.80. The Morgan fingerprint density at radius 3 is 2.59 bits per heavy atom. The van der Waals surface area contributed by atoms with Crippen LogP contribution < -0.4 is 10.7 Å². The van der Waals surface area contributed by atoms with Crippen LogP contribution in [0, 0.1) is 6.92 Å². The number of hydrogen-bond acceptors (Lipinski definition) is 2. The second-order valence-corrected chi connectivity index (χ2v) is 5.40. The minimum atomic E-state index is 0.467. The van der Waals surface area contributed by atoms with Gasteiger partial charge in [-0.25, -0.2) is 0 Å². The van der Waals surface area contributed by atoms with Crippen LogP contribution in [0.3, 0.4) is 0 Å². The molecule has 2 rings (SSSR count). The van der Waals surface area contributed by atoms with Crippen molar-refractivity contribution < 1.29 is 0 Å². The van der Waals surface area contributed by atoms with Gasteiger partial charge in [0.05, 0.1) is 6.21 Å². The van der Waals surface area contributed by atoms with Crippen LogP contribution in [0.4, 0.5) is 5.69 Å². The first kappa shape index (κ1) is 15.9. The molecule has 22 heavy (non-hydrogen) atoms. The van der Waals surface area contributed by atoms with E-state index in [0.717, 1.165) is 16.8 Å². The average molecular weight is 309 g/mol. The van der Waals surface area contributed by atoms with Crippen LogP contribution in [0.15, 0.2) is 65.3 Å². The van der Waals surface area contributed by atoms with E-state index in [1.807, 2.05) is 56.3 Å². The molecule has 0 aliphatic rings. The molecule has 0 aliphatic carbocycles. The van der Waals surface area contributed by atoms with E-state index in [1.165, 1.54) is 5.56 Å². The highest BCUT2D eigenvalue weighted by Crippen LogP contribution is 2.09. The van der Waals surface area contributed by atoms with Crippen molar-refractivity contribution in [1.82, 2.24) is 5.43 Å². The van der Waals surface area contributed by atoms with Gasteiger partial charge < -0.3 is 5.32 Å². The summed E-state index contributed by atoms with van der Waals surface area (Å²) in [6.07, 6.45) is 3.80. The fourth-order valence-corrected chi connectivity index (χ4v) is 2.09. The maximum absolute atomic E-state index is 5.21. The summed E-state index contributed by atoms with van der Waals surface area (Å²) in [7, 11) is 0. The second kappa shape index (κ2) is 8.10. The fraction of sp³-hybridized carbons (Fsp3) is 0.111. The molecule has 112 valence electrons. The van der Waals surface area contributed by atoms with Gasteiger partial charge in [-0.1, -0.05) is 48.5 Å². The van der Waals surface area contributed by atoms with E-state index in [0.29, 0.717) is 5.11 Å². The summed E-state index contributed by atoms with van der Waals surface area (Å²) in [4.78, 5) is 0. The molecule has 0 saturated heterocycles. The van der Waals surface area contributed by atoms with Crippen molar-refractivity contribution in [3.8, 4) is 0 Å². The summed E-state index contributed by atoms with van der Waals surface area (Å²) < 4.78 is 0. The molecule has 0 heterocycles. The zero-order valence-electron chi connectivity index (χ0n) is 12.7. The topological polar surface area (TPSA) is 36.4 Å². The summed E-state index contributed by atoms with van der Waals surface area (Å²) in [5.74, 6) is 0. The summed E-state index contributed by atoms with van der Waals surface area (Å²) in [6, 6.07) is 18.1. The van der Waals surface area contributed by atoms with E-state index >= 15 is 0 Å². The number of anilines is 1. The number of nitrogens with one attached hydrogen (secondary N) is 2. The minimum absolute atomic E-state index is 0.467. The molecule has 3 nitrogen and oxygen atoms in total. The van der Waals surface area contributed by atoms with Crippen molar-refractivity contribution >= 4 is 35.3 Å². The number of hydrogen-bond donors (Lipinski definition) is 2. The van der Waals surface area contributed by atoms with Gasteiger partial charge >= 0.3 is 0 Å². The Balaban J connectivity index is 1.86. The van der Waals surface area contributed by atoms with Gasteiger partial charge in [-0.05, 0) is 54.9 Å². The van der Waals surface area contributed by atoms with Crippen LogP contribution >= 0.6 is 12.2 Å². The van der Waals surface area contributed by atoms with E-state index in [4.69, 9.17) is 12.2 Å². The standard InChI is InChI=1S/C18H19N3S/c1-14-7-6-10-17(12-14)20-18(22)21-19-13-15(2)11-16-8-4-3-5-9-16/h3-13H,1-2H3,(H2,20,21,22)/b15-11-,19-13+. The molecule has 0 atom stereocenters. The molecule has 0 aromatic heterocycles. The van der Waals surface area contributed by atoms with Crippen molar-refractivity contribution in [2.75, 3.05) is 5.32 Å². The van der Waals surface area contributed by atoms with E-state index in [-0.39, 0.29) is 0 Å². The molecule has 0 aliphatic heterocycles. The van der Waals surface area contributed by atoms with Crippen LogP contribution in [0.2, 0.25) is 0 Å². The molecule has 0 amide bonds. The number of hydrazone groups is 1. The largest absolute Gasteiger partial charge is 0.331 e. The third-order valence-electron chi connectivity index (χ3n) is 2.90. The maximum atomic E-state index is 5.21. The number of benzene rings is 2. The van der Waals surface area contributed by atoms with Crippen LogP contribution in [-0.2, 0) is 0 Å². The van der Waals surface area contributed by atoms with Gasteiger partial charge in [0.25, 0.3) is 0 Å². The second-order valence-electron chi connectivity index (χ2n) is 4.99. The number of thiocarbonyl (C=S) groups is 1. The molecular formula is C18H19N3S. The number of nitrogens with zero attached hydrogens (tertiary/aromatic N) is 1. The Bertz CT molecular complexity index is 690. The number of allylic oxidation sites excluding steroid dienone is 1. The third kappa shape index (κ3) is 5.50. The van der Waals surface area contributed by atoms with E-state index < -0.39 is 0 Å². The zero-order chi connectivity index (χ0) is 15.8. The summed E-state index contributed by atoms with van der Waals surface area (Å²) in [5.41, 5.74) is 7.13. The molecular weight excluding hydrogens is 290 g/mol. The molecule has 0 fully saturated rings. The van der Waals surface area contributed by atoms with E-state index in [9.17, 15) is 0 Å². The van der Waals surface area contributed by atoms with E-state index in [1.54, 1.807) is 6.21 Å². The third-order valence-corrected chi connectivity index (χ3v) is 3.10. The van der Waals surface area contributed by atoms with Crippen LogP contribution in [-0.4, -0.2) is 11.3 Å². The monoisotopic (exact) mass is 309 g/mol. The van der Waals surface area contributed by atoms with Gasteiger partial charge in [-0.15, -0.1) is 0 Å². The molecule has 0 saturated carbocycles. The normalized spacial score (nSPS) is 11.5. The lowest BCUT2D eigenvalue weighted by Gasteiger charge is -2.07. The van der Waals surface area contributed by atoms with Gasteiger partial charge in [0.1, 0.15) is 0 Å². The number of aryl methyl sites for hydroxylation is 1. The Morgan fingerprint density at radius 2 is 1.86 bits per heavy atom. The lowest BCUT2D eigenvalue weighted by atomic mass is 10.1. The van der Waals surface area contributed by atoms with Gasteiger partial charge in [0.15, 0.2) is 5.11 Å². The Labute approximate surface area is 136 Å². The lowest BCUT2D eigenvalue weighted by molar-refractivity contribution is 1.05. The molecule has 0 radical (unpaired) electrons. The van der Waals surface area contributed by atoms with Crippen LogP contribution in [0.1, 0.15) is 18.1 Å². The smallest absolute Gasteiger partial charge is 0.191 e. The quantitative estimate of drug-likeness (QED) is 0.500. The molecule has 2 aromatic carbocycles. The van der Waals surface area contributed by atoms with Crippen LogP contribution in [0.5, 0.6) is 0 Å². The van der Waals surface area contributed by atoms with Crippen LogP contribution in [0.25, 0.3) is 6.08 Å². The highest BCUT2D eigenvalue weighted by atomic mass is 32.1. The molecule has 0 bridgehead atoms. The van der Waals surface area contributed by atoms with Crippen molar-refractivity contribution in [3.05, 3.63) is 71.3 Å². The summed E-state index contributed by atoms with van der Waals surface area (Å²) in [6.45, 7) is 4.03. The van der Waals surface area contributed by atoms with Crippen molar-refractivity contribution in [2.24, 2.45) is 5.10 Å². The highest BCUT2D eigenvalue weighted by Gasteiger charge is 1.95. The minimum Gasteiger partial charge on any atom is -0.331 e. The average Bonchev–Trinajstić information content (AvgIpc) is 2.48. The Hall–Kier alpha value is -2.46. The van der Waals surface area contributed by atoms with Gasteiger partial charge in [-0.2, -0.15) is 5.10 Å². The molecule has 2 aromatic rings. The first-order chi connectivity index (χ1) is 10.6. The van der Waals surface area contributed by atoms with Crippen molar-refractivity contribution in [3.63, 3.8) is 0 Å². The predicted octanol–water partition coefficient (Wildman–Crippen LogP) is 4.37. The maximum Gasteiger partial charge on any atom is 0.191 e. The van der Waals surface area contributed by atoms with E-state index in [2.05, 4.69) is 34.1 Å². The molecule has 4 heteroatoms. The van der Waals surface area contributed by atoms with Gasteiger partial charge in [0.2, 0.25) is 0 Å². The Morgan fingerprint density at radius 1 is 1.09 bits per heavy atom. The van der Waals surface area contributed by atoms with Crippen molar-refractivity contribution in [2.45, 2.75) is 13.8 Å². The Kier molecular flexibility index (Phi) is 5.86. The lowest BCUT2D eigenvalue weighted by Crippen LogP contribution is -2.23.